The van der Waals surface area contributed by atoms with Crippen molar-refractivity contribution < 1.29 is 9.59 Å². The molecule has 1 fully saturated rings. The fourth-order valence-electron chi connectivity index (χ4n) is 3.07. The summed E-state index contributed by atoms with van der Waals surface area (Å²) in [6, 6.07) is 15.6. The highest BCUT2D eigenvalue weighted by atomic mass is 35.5. The third-order valence-corrected chi connectivity index (χ3v) is 4.85. The number of halogens is 1. The molecule has 3 rings (SSSR count). The smallest absolute Gasteiger partial charge is 0.224 e. The molecule has 0 heterocycles. The van der Waals surface area contributed by atoms with E-state index in [4.69, 9.17) is 11.6 Å². The van der Waals surface area contributed by atoms with Gasteiger partial charge in [0, 0.05) is 18.1 Å². The molecule has 0 radical (unpaired) electrons. The SMILES string of the molecule is Cc1cccc(CNC(=O)C2CC2C(=O)NCCc2cccc(Cl)c2)c1. The summed E-state index contributed by atoms with van der Waals surface area (Å²) in [4.78, 5) is 24.4. The number of carbonyl (C=O) groups is 2. The second-order valence-electron chi connectivity index (χ2n) is 6.83. The van der Waals surface area contributed by atoms with E-state index in [9.17, 15) is 9.59 Å². The molecule has 136 valence electrons. The van der Waals surface area contributed by atoms with Gasteiger partial charge in [0.25, 0.3) is 0 Å². The molecular formula is C21H23ClN2O2. The van der Waals surface area contributed by atoms with Gasteiger partial charge in [-0.3, -0.25) is 9.59 Å². The summed E-state index contributed by atoms with van der Waals surface area (Å²) < 4.78 is 0. The molecular weight excluding hydrogens is 348 g/mol. The Hall–Kier alpha value is -2.33. The minimum Gasteiger partial charge on any atom is -0.356 e. The minimum absolute atomic E-state index is 0.0391. The lowest BCUT2D eigenvalue weighted by atomic mass is 10.1. The number of rotatable bonds is 7. The summed E-state index contributed by atoms with van der Waals surface area (Å²) in [5, 5.41) is 6.54. The Kier molecular flexibility index (Phi) is 5.94. The second-order valence-corrected chi connectivity index (χ2v) is 7.26. The van der Waals surface area contributed by atoms with Gasteiger partial charge in [-0.05, 0) is 43.0 Å². The van der Waals surface area contributed by atoms with Gasteiger partial charge in [0.15, 0.2) is 0 Å². The van der Waals surface area contributed by atoms with Crippen LogP contribution in [0.1, 0.15) is 23.1 Å². The van der Waals surface area contributed by atoms with E-state index in [1.807, 2.05) is 55.5 Å². The largest absolute Gasteiger partial charge is 0.356 e. The molecule has 4 nitrogen and oxygen atoms in total. The molecule has 0 bridgehead atoms. The van der Waals surface area contributed by atoms with Crippen LogP contribution in [0.15, 0.2) is 48.5 Å². The Morgan fingerprint density at radius 2 is 1.69 bits per heavy atom. The highest BCUT2D eigenvalue weighted by molar-refractivity contribution is 6.30. The first-order chi connectivity index (χ1) is 12.5. The first-order valence-corrected chi connectivity index (χ1v) is 9.26. The summed E-state index contributed by atoms with van der Waals surface area (Å²) >= 11 is 5.95. The standard InChI is InChI=1S/C21H23ClN2O2/c1-14-4-2-6-16(10-14)13-24-21(26)19-12-18(19)20(25)23-9-8-15-5-3-7-17(22)11-15/h2-7,10-11,18-19H,8-9,12-13H2,1H3,(H,23,25)(H,24,26). The Morgan fingerprint density at radius 1 is 1.00 bits per heavy atom. The summed E-state index contributed by atoms with van der Waals surface area (Å²) in [5.74, 6) is -0.484. The Labute approximate surface area is 158 Å². The highest BCUT2D eigenvalue weighted by Crippen LogP contribution is 2.38. The predicted octanol–water partition coefficient (Wildman–Crippen LogP) is 3.26. The van der Waals surface area contributed by atoms with Gasteiger partial charge < -0.3 is 10.6 Å². The van der Waals surface area contributed by atoms with Gasteiger partial charge in [0.1, 0.15) is 0 Å². The van der Waals surface area contributed by atoms with E-state index >= 15 is 0 Å². The molecule has 0 spiro atoms. The third-order valence-electron chi connectivity index (χ3n) is 4.62. The fourth-order valence-corrected chi connectivity index (χ4v) is 3.28. The van der Waals surface area contributed by atoms with E-state index in [0.29, 0.717) is 24.5 Å². The van der Waals surface area contributed by atoms with Crippen molar-refractivity contribution in [1.82, 2.24) is 10.6 Å². The van der Waals surface area contributed by atoms with Crippen molar-refractivity contribution in [2.24, 2.45) is 11.8 Å². The number of amides is 2. The lowest BCUT2D eigenvalue weighted by Gasteiger charge is -2.07. The van der Waals surface area contributed by atoms with Crippen LogP contribution >= 0.6 is 11.6 Å². The zero-order valence-corrected chi connectivity index (χ0v) is 15.6. The number of carbonyl (C=O) groups excluding carboxylic acids is 2. The Morgan fingerprint density at radius 3 is 2.42 bits per heavy atom. The van der Waals surface area contributed by atoms with Gasteiger partial charge in [-0.1, -0.05) is 53.6 Å². The zero-order valence-electron chi connectivity index (χ0n) is 14.8. The molecule has 1 aliphatic carbocycles. The van der Waals surface area contributed by atoms with E-state index in [0.717, 1.165) is 17.5 Å². The summed E-state index contributed by atoms with van der Waals surface area (Å²) in [7, 11) is 0. The van der Waals surface area contributed by atoms with Crippen LogP contribution in [0.5, 0.6) is 0 Å². The Balaban J connectivity index is 1.38. The maximum absolute atomic E-state index is 12.2. The van der Waals surface area contributed by atoms with Crippen LogP contribution in [0, 0.1) is 18.8 Å². The van der Waals surface area contributed by atoms with E-state index in [2.05, 4.69) is 10.6 Å². The predicted molar refractivity (Wildman–Crippen MR) is 103 cm³/mol. The zero-order chi connectivity index (χ0) is 18.5. The van der Waals surface area contributed by atoms with Crippen molar-refractivity contribution >= 4 is 23.4 Å². The highest BCUT2D eigenvalue weighted by Gasteiger charge is 2.47. The number of aryl methyl sites for hydroxylation is 1. The molecule has 0 aromatic heterocycles. The molecule has 1 aliphatic rings. The second kappa shape index (κ2) is 8.37. The molecule has 1 saturated carbocycles. The van der Waals surface area contributed by atoms with Crippen molar-refractivity contribution in [1.29, 1.82) is 0 Å². The maximum Gasteiger partial charge on any atom is 0.224 e. The van der Waals surface area contributed by atoms with Gasteiger partial charge in [-0.2, -0.15) is 0 Å². The molecule has 26 heavy (non-hydrogen) atoms. The molecule has 0 saturated heterocycles. The van der Waals surface area contributed by atoms with Gasteiger partial charge in [0.2, 0.25) is 11.8 Å². The van der Waals surface area contributed by atoms with Crippen LogP contribution in [0.2, 0.25) is 5.02 Å². The fraction of sp³-hybridized carbons (Fsp3) is 0.333. The van der Waals surface area contributed by atoms with Gasteiger partial charge in [-0.15, -0.1) is 0 Å². The molecule has 0 aliphatic heterocycles. The van der Waals surface area contributed by atoms with Crippen molar-refractivity contribution in [2.75, 3.05) is 6.54 Å². The maximum atomic E-state index is 12.2. The van der Waals surface area contributed by atoms with Crippen molar-refractivity contribution in [3.05, 3.63) is 70.2 Å². The van der Waals surface area contributed by atoms with E-state index in [1.165, 1.54) is 5.56 Å². The molecule has 2 N–H and O–H groups in total. The van der Waals surface area contributed by atoms with Crippen LogP contribution in [0.4, 0.5) is 0 Å². The number of hydrogen-bond acceptors (Lipinski definition) is 2. The number of nitrogens with one attached hydrogen (secondary N) is 2. The summed E-state index contributed by atoms with van der Waals surface area (Å²) in [6.45, 7) is 3.07. The van der Waals surface area contributed by atoms with Crippen LogP contribution in [-0.4, -0.2) is 18.4 Å². The quantitative estimate of drug-likeness (QED) is 0.786. The minimum atomic E-state index is -0.203. The molecule has 2 amide bonds. The first kappa shape index (κ1) is 18.5. The monoisotopic (exact) mass is 370 g/mol. The van der Waals surface area contributed by atoms with Gasteiger partial charge >= 0.3 is 0 Å². The van der Waals surface area contributed by atoms with E-state index in [1.54, 1.807) is 0 Å². The number of hydrogen-bond donors (Lipinski definition) is 2. The Bertz CT molecular complexity index is 806. The lowest BCUT2D eigenvalue weighted by Crippen LogP contribution is -2.31. The van der Waals surface area contributed by atoms with E-state index in [-0.39, 0.29) is 23.7 Å². The van der Waals surface area contributed by atoms with Crippen molar-refractivity contribution in [3.63, 3.8) is 0 Å². The topological polar surface area (TPSA) is 58.2 Å². The molecule has 2 atom stereocenters. The summed E-state index contributed by atoms with van der Waals surface area (Å²) in [6.07, 6.45) is 1.35. The van der Waals surface area contributed by atoms with Gasteiger partial charge in [-0.25, -0.2) is 0 Å². The lowest BCUT2D eigenvalue weighted by molar-refractivity contribution is -0.127. The molecule has 2 aromatic carbocycles. The molecule has 5 heteroatoms. The van der Waals surface area contributed by atoms with Crippen LogP contribution < -0.4 is 10.6 Å². The van der Waals surface area contributed by atoms with Crippen molar-refractivity contribution in [2.45, 2.75) is 26.3 Å². The normalized spacial score (nSPS) is 18.2. The van der Waals surface area contributed by atoms with E-state index < -0.39 is 0 Å². The van der Waals surface area contributed by atoms with Crippen LogP contribution in [0.25, 0.3) is 0 Å². The summed E-state index contributed by atoms with van der Waals surface area (Å²) in [5.41, 5.74) is 3.32. The van der Waals surface area contributed by atoms with Crippen LogP contribution in [0.3, 0.4) is 0 Å². The average Bonchev–Trinajstić information content (AvgIpc) is 3.41. The first-order valence-electron chi connectivity index (χ1n) is 8.88. The van der Waals surface area contributed by atoms with Crippen molar-refractivity contribution in [3.8, 4) is 0 Å². The molecule has 2 unspecified atom stereocenters. The number of benzene rings is 2. The van der Waals surface area contributed by atoms with Crippen LogP contribution in [-0.2, 0) is 22.6 Å². The average molecular weight is 371 g/mol. The third kappa shape index (κ3) is 5.09. The molecule has 2 aromatic rings. The van der Waals surface area contributed by atoms with Gasteiger partial charge in [0.05, 0.1) is 11.8 Å².